The van der Waals surface area contributed by atoms with E-state index in [0.717, 1.165) is 29.3 Å². The van der Waals surface area contributed by atoms with Gasteiger partial charge in [0.15, 0.2) is 5.82 Å². The van der Waals surface area contributed by atoms with Gasteiger partial charge in [0.25, 0.3) is 0 Å². The van der Waals surface area contributed by atoms with E-state index in [1.807, 2.05) is 12.1 Å². The van der Waals surface area contributed by atoms with Gasteiger partial charge in [-0.1, -0.05) is 26.0 Å². The quantitative estimate of drug-likeness (QED) is 0.733. The van der Waals surface area contributed by atoms with Crippen molar-refractivity contribution in [1.29, 1.82) is 0 Å². The Hall–Kier alpha value is -2.30. The fraction of sp³-hybridized carbons (Fsp3) is 0.565. The van der Waals surface area contributed by atoms with Crippen LogP contribution in [-0.4, -0.2) is 15.5 Å². The van der Waals surface area contributed by atoms with Crippen LogP contribution in [0.2, 0.25) is 0 Å². The lowest BCUT2D eigenvalue weighted by Gasteiger charge is -2.57. The maximum atomic E-state index is 6.43. The van der Waals surface area contributed by atoms with E-state index in [4.69, 9.17) is 10.5 Å². The maximum Gasteiger partial charge on any atom is 0.248 e. The van der Waals surface area contributed by atoms with Gasteiger partial charge in [0, 0.05) is 5.54 Å². The minimum absolute atomic E-state index is 0.160. The van der Waals surface area contributed by atoms with E-state index in [0.29, 0.717) is 17.5 Å². The molecule has 0 atom stereocenters. The van der Waals surface area contributed by atoms with E-state index >= 15 is 0 Å². The van der Waals surface area contributed by atoms with Crippen molar-refractivity contribution in [2.45, 2.75) is 63.8 Å². The summed E-state index contributed by atoms with van der Waals surface area (Å²) in [7, 11) is 0. The summed E-state index contributed by atoms with van der Waals surface area (Å²) in [5.74, 6) is 5.01. The van der Waals surface area contributed by atoms with Crippen molar-refractivity contribution in [3.05, 3.63) is 36.2 Å². The van der Waals surface area contributed by atoms with E-state index in [-0.39, 0.29) is 5.54 Å². The number of hydrogen-bond donors (Lipinski definition) is 2. The largest absolute Gasteiger partial charge is 0.437 e. The summed E-state index contributed by atoms with van der Waals surface area (Å²) in [6.07, 6.45) is 9.54. The molecule has 1 aromatic heterocycles. The van der Waals surface area contributed by atoms with Crippen molar-refractivity contribution in [3.8, 4) is 11.6 Å². The van der Waals surface area contributed by atoms with Crippen molar-refractivity contribution in [1.82, 2.24) is 9.97 Å². The van der Waals surface area contributed by atoms with Gasteiger partial charge in [0.05, 0.1) is 0 Å². The molecule has 148 valence electrons. The molecule has 1 aromatic carbocycles. The van der Waals surface area contributed by atoms with Gasteiger partial charge in [-0.15, -0.1) is 0 Å². The van der Waals surface area contributed by atoms with E-state index in [2.05, 4.69) is 41.3 Å². The summed E-state index contributed by atoms with van der Waals surface area (Å²) in [6, 6.07) is 8.13. The van der Waals surface area contributed by atoms with Crippen LogP contribution in [0.15, 0.2) is 30.6 Å². The standard InChI is InChI=1S/C23H30N4O/c1-14(2)18-3-5-19(6-4-18)28-22-20(24)21(25-13-26-22)27-23-10-15-7-16(11-23)9-17(8-15)12-23/h3-6,13-17H,7-12,24H2,1-2H3,(H,25,26,27). The summed E-state index contributed by atoms with van der Waals surface area (Å²) in [5.41, 5.74) is 8.38. The van der Waals surface area contributed by atoms with Crippen LogP contribution in [0.5, 0.6) is 11.6 Å². The van der Waals surface area contributed by atoms with Gasteiger partial charge in [0.1, 0.15) is 17.8 Å². The van der Waals surface area contributed by atoms with Crippen LogP contribution in [0.3, 0.4) is 0 Å². The van der Waals surface area contributed by atoms with Gasteiger partial charge >= 0.3 is 0 Å². The first-order valence-electron chi connectivity index (χ1n) is 10.7. The van der Waals surface area contributed by atoms with Crippen LogP contribution >= 0.6 is 0 Å². The van der Waals surface area contributed by atoms with Crippen LogP contribution in [0, 0.1) is 17.8 Å². The number of nitrogens with zero attached hydrogens (tertiary/aromatic N) is 2. The molecule has 0 radical (unpaired) electrons. The molecule has 4 aliphatic rings. The second kappa shape index (κ2) is 6.64. The van der Waals surface area contributed by atoms with Crippen molar-refractivity contribution in [2.75, 3.05) is 11.1 Å². The molecule has 0 spiro atoms. The highest BCUT2D eigenvalue weighted by Crippen LogP contribution is 2.56. The average molecular weight is 379 g/mol. The predicted octanol–water partition coefficient (Wildman–Crippen LogP) is 5.36. The van der Waals surface area contributed by atoms with Crippen LogP contribution in [0.4, 0.5) is 11.5 Å². The SMILES string of the molecule is CC(C)c1ccc(Oc2ncnc(NC34CC5CC(CC(C5)C3)C4)c2N)cc1. The Kier molecular flexibility index (Phi) is 4.22. The van der Waals surface area contributed by atoms with Gasteiger partial charge < -0.3 is 15.8 Å². The average Bonchev–Trinajstić information content (AvgIpc) is 2.64. The number of benzene rings is 1. The lowest BCUT2D eigenvalue weighted by Crippen LogP contribution is -2.55. The zero-order chi connectivity index (χ0) is 19.3. The van der Waals surface area contributed by atoms with Gasteiger partial charge in [-0.25, -0.2) is 4.98 Å². The fourth-order valence-corrected chi connectivity index (χ4v) is 6.11. The Morgan fingerprint density at radius 2 is 1.61 bits per heavy atom. The smallest absolute Gasteiger partial charge is 0.248 e. The molecule has 4 fully saturated rings. The Morgan fingerprint density at radius 1 is 1.00 bits per heavy atom. The third-order valence-electron chi connectivity index (χ3n) is 7.03. The van der Waals surface area contributed by atoms with E-state index in [1.165, 1.54) is 44.1 Å². The molecule has 0 aliphatic heterocycles. The second-order valence-corrected chi connectivity index (χ2v) is 9.59. The number of aromatic nitrogens is 2. The van der Waals surface area contributed by atoms with E-state index in [1.54, 1.807) is 6.33 Å². The summed E-state index contributed by atoms with van der Waals surface area (Å²) in [4.78, 5) is 8.75. The van der Waals surface area contributed by atoms with Crippen molar-refractivity contribution >= 4 is 11.5 Å². The molecule has 1 heterocycles. The van der Waals surface area contributed by atoms with Crippen LogP contribution in [0.25, 0.3) is 0 Å². The predicted molar refractivity (Wildman–Crippen MR) is 112 cm³/mol. The van der Waals surface area contributed by atoms with Gasteiger partial charge in [-0.05, 0) is 79.9 Å². The van der Waals surface area contributed by atoms with Crippen molar-refractivity contribution in [2.24, 2.45) is 17.8 Å². The first-order chi connectivity index (χ1) is 13.5. The second-order valence-electron chi connectivity index (χ2n) is 9.59. The minimum atomic E-state index is 0.160. The Labute approximate surface area is 167 Å². The van der Waals surface area contributed by atoms with Crippen molar-refractivity contribution < 1.29 is 4.74 Å². The number of nitrogen functional groups attached to an aromatic ring is 1. The molecule has 2 aromatic rings. The normalized spacial score (nSPS) is 30.6. The molecular weight excluding hydrogens is 348 g/mol. The zero-order valence-electron chi connectivity index (χ0n) is 16.8. The molecule has 4 saturated carbocycles. The van der Waals surface area contributed by atoms with E-state index in [9.17, 15) is 0 Å². The number of rotatable bonds is 5. The number of nitrogens with two attached hydrogens (primary N) is 1. The molecule has 28 heavy (non-hydrogen) atoms. The first kappa shape index (κ1) is 17.8. The molecule has 0 unspecified atom stereocenters. The monoisotopic (exact) mass is 378 g/mol. The summed E-state index contributed by atoms with van der Waals surface area (Å²) in [5, 5.41) is 3.75. The molecule has 5 nitrogen and oxygen atoms in total. The molecule has 4 bridgehead atoms. The first-order valence-corrected chi connectivity index (χ1v) is 10.7. The van der Waals surface area contributed by atoms with Gasteiger partial charge in [-0.3, -0.25) is 0 Å². The Morgan fingerprint density at radius 3 is 2.18 bits per heavy atom. The van der Waals surface area contributed by atoms with Gasteiger partial charge in [0.2, 0.25) is 5.88 Å². The van der Waals surface area contributed by atoms with Crippen LogP contribution < -0.4 is 15.8 Å². The lowest BCUT2D eigenvalue weighted by molar-refractivity contribution is 0.0106. The topological polar surface area (TPSA) is 73.1 Å². The van der Waals surface area contributed by atoms with E-state index < -0.39 is 0 Å². The van der Waals surface area contributed by atoms with Crippen LogP contribution in [-0.2, 0) is 0 Å². The number of hydrogen-bond acceptors (Lipinski definition) is 5. The summed E-state index contributed by atoms with van der Waals surface area (Å²) in [6.45, 7) is 4.36. The van der Waals surface area contributed by atoms with Crippen LogP contribution in [0.1, 0.15) is 63.9 Å². The fourth-order valence-electron chi connectivity index (χ4n) is 6.11. The molecule has 6 rings (SSSR count). The highest BCUT2D eigenvalue weighted by molar-refractivity contribution is 5.68. The molecule has 0 amide bonds. The molecule has 0 saturated heterocycles. The Balaban J connectivity index is 1.36. The lowest BCUT2D eigenvalue weighted by atomic mass is 9.53. The molecular formula is C23H30N4O. The number of anilines is 2. The molecule has 3 N–H and O–H groups in total. The summed E-state index contributed by atoms with van der Waals surface area (Å²) >= 11 is 0. The number of nitrogens with one attached hydrogen (secondary N) is 1. The highest BCUT2D eigenvalue weighted by atomic mass is 16.5. The zero-order valence-corrected chi connectivity index (χ0v) is 16.8. The third-order valence-corrected chi connectivity index (χ3v) is 7.03. The number of ether oxygens (including phenoxy) is 1. The summed E-state index contributed by atoms with van der Waals surface area (Å²) < 4.78 is 5.99. The molecule has 4 aliphatic carbocycles. The van der Waals surface area contributed by atoms with Crippen molar-refractivity contribution in [3.63, 3.8) is 0 Å². The van der Waals surface area contributed by atoms with Gasteiger partial charge in [-0.2, -0.15) is 4.98 Å². The maximum absolute atomic E-state index is 6.43. The minimum Gasteiger partial charge on any atom is -0.437 e. The third kappa shape index (κ3) is 3.21. The molecule has 5 heteroatoms. The highest BCUT2D eigenvalue weighted by Gasteiger charge is 2.51. The Bertz CT molecular complexity index is 826.